The Morgan fingerprint density at radius 1 is 1.50 bits per heavy atom. The molecule has 0 amide bonds. The number of benzene rings is 1. The summed E-state index contributed by atoms with van der Waals surface area (Å²) in [5.41, 5.74) is 6.61. The quantitative estimate of drug-likeness (QED) is 0.873. The van der Waals surface area contributed by atoms with E-state index in [2.05, 4.69) is 22.5 Å². The number of para-hydroxylation sites is 1. The lowest BCUT2D eigenvalue weighted by Crippen LogP contribution is -2.07. The molecule has 0 radical (unpaired) electrons. The third-order valence-corrected chi connectivity index (χ3v) is 2.30. The first-order valence-electron chi connectivity index (χ1n) is 5.01. The summed E-state index contributed by atoms with van der Waals surface area (Å²) in [5.74, 6) is 1.47. The molecule has 3 nitrogen and oxygen atoms in total. The molecule has 0 saturated heterocycles. The standard InChI is InChI=1S/C12H16BrNO2/c1-9(13)8-16-12-10(6-7-14)4-3-5-11(12)15-2/h3-5H,1,6-8,14H2,2H3. The summed E-state index contributed by atoms with van der Waals surface area (Å²) in [5, 5.41) is 0. The van der Waals surface area contributed by atoms with Crippen molar-refractivity contribution >= 4 is 15.9 Å². The van der Waals surface area contributed by atoms with Gasteiger partial charge >= 0.3 is 0 Å². The smallest absolute Gasteiger partial charge is 0.164 e. The average molecular weight is 286 g/mol. The van der Waals surface area contributed by atoms with E-state index in [1.165, 1.54) is 0 Å². The van der Waals surface area contributed by atoms with Crippen molar-refractivity contribution in [1.29, 1.82) is 0 Å². The Hall–Kier alpha value is -1.00. The molecule has 2 N–H and O–H groups in total. The van der Waals surface area contributed by atoms with E-state index in [1.807, 2.05) is 18.2 Å². The number of hydrogen-bond donors (Lipinski definition) is 1. The highest BCUT2D eigenvalue weighted by molar-refractivity contribution is 9.11. The van der Waals surface area contributed by atoms with Crippen molar-refractivity contribution in [3.63, 3.8) is 0 Å². The highest BCUT2D eigenvalue weighted by atomic mass is 79.9. The van der Waals surface area contributed by atoms with Gasteiger partial charge in [-0.1, -0.05) is 34.6 Å². The minimum absolute atomic E-state index is 0.415. The maximum atomic E-state index is 5.65. The van der Waals surface area contributed by atoms with Crippen LogP contribution in [-0.4, -0.2) is 20.3 Å². The molecule has 4 heteroatoms. The van der Waals surface area contributed by atoms with Crippen LogP contribution in [0.25, 0.3) is 0 Å². The van der Waals surface area contributed by atoms with Gasteiger partial charge in [0.25, 0.3) is 0 Å². The molecule has 1 aromatic rings. The van der Waals surface area contributed by atoms with Gasteiger partial charge in [0.1, 0.15) is 6.61 Å². The van der Waals surface area contributed by atoms with Crippen molar-refractivity contribution in [3.05, 3.63) is 34.8 Å². The van der Waals surface area contributed by atoms with Gasteiger partial charge in [-0.3, -0.25) is 0 Å². The van der Waals surface area contributed by atoms with Crippen LogP contribution in [0.2, 0.25) is 0 Å². The molecule has 0 aliphatic rings. The maximum Gasteiger partial charge on any atom is 0.164 e. The Balaban J connectivity index is 2.94. The predicted molar refractivity (Wildman–Crippen MR) is 69.3 cm³/mol. The first kappa shape index (κ1) is 13.1. The van der Waals surface area contributed by atoms with Gasteiger partial charge < -0.3 is 15.2 Å². The van der Waals surface area contributed by atoms with Crippen LogP contribution in [0.3, 0.4) is 0 Å². The number of hydrogen-bond acceptors (Lipinski definition) is 3. The summed E-state index contributed by atoms with van der Waals surface area (Å²) >= 11 is 3.26. The largest absolute Gasteiger partial charge is 0.493 e. The van der Waals surface area contributed by atoms with Crippen LogP contribution in [0.4, 0.5) is 0 Å². The van der Waals surface area contributed by atoms with Crippen molar-refractivity contribution in [1.82, 2.24) is 0 Å². The second-order valence-corrected chi connectivity index (χ2v) is 4.41. The van der Waals surface area contributed by atoms with E-state index in [0.717, 1.165) is 28.0 Å². The van der Waals surface area contributed by atoms with Gasteiger partial charge in [-0.25, -0.2) is 0 Å². The van der Waals surface area contributed by atoms with Crippen LogP contribution in [-0.2, 0) is 6.42 Å². The topological polar surface area (TPSA) is 44.5 Å². The molecule has 0 bridgehead atoms. The lowest BCUT2D eigenvalue weighted by atomic mass is 10.1. The van der Waals surface area contributed by atoms with Crippen LogP contribution in [0.15, 0.2) is 29.3 Å². The van der Waals surface area contributed by atoms with Crippen LogP contribution in [0.1, 0.15) is 5.56 Å². The molecule has 0 heterocycles. The molecule has 0 atom stereocenters. The van der Waals surface area contributed by atoms with E-state index < -0.39 is 0 Å². The fourth-order valence-electron chi connectivity index (χ4n) is 1.39. The highest BCUT2D eigenvalue weighted by Gasteiger charge is 2.09. The van der Waals surface area contributed by atoms with Gasteiger partial charge in [0.15, 0.2) is 11.5 Å². The molecule has 1 rings (SSSR count). The third-order valence-electron chi connectivity index (χ3n) is 2.07. The van der Waals surface area contributed by atoms with Gasteiger partial charge in [0, 0.05) is 4.48 Å². The lowest BCUT2D eigenvalue weighted by molar-refractivity contribution is 0.321. The second kappa shape index (κ2) is 6.55. The van der Waals surface area contributed by atoms with Crippen LogP contribution >= 0.6 is 15.9 Å². The van der Waals surface area contributed by atoms with Gasteiger partial charge in [-0.05, 0) is 24.6 Å². The Labute approximate surface area is 104 Å². The van der Waals surface area contributed by atoms with Crippen LogP contribution in [0.5, 0.6) is 11.5 Å². The maximum absolute atomic E-state index is 5.65. The normalized spacial score (nSPS) is 9.94. The van der Waals surface area contributed by atoms with Crippen LogP contribution < -0.4 is 15.2 Å². The molecule has 0 spiro atoms. The summed E-state index contributed by atoms with van der Waals surface area (Å²) in [6.07, 6.45) is 0.765. The molecule has 0 aliphatic heterocycles. The summed E-state index contributed by atoms with van der Waals surface area (Å²) in [6.45, 7) is 4.72. The summed E-state index contributed by atoms with van der Waals surface area (Å²) in [6, 6.07) is 5.79. The fourth-order valence-corrected chi connectivity index (χ4v) is 1.50. The fraction of sp³-hybridized carbons (Fsp3) is 0.333. The highest BCUT2D eigenvalue weighted by Crippen LogP contribution is 2.31. The molecule has 0 saturated carbocycles. The van der Waals surface area contributed by atoms with E-state index in [-0.39, 0.29) is 0 Å². The van der Waals surface area contributed by atoms with Crippen molar-refractivity contribution in [2.75, 3.05) is 20.3 Å². The number of ether oxygens (including phenoxy) is 2. The van der Waals surface area contributed by atoms with E-state index in [4.69, 9.17) is 15.2 Å². The SMILES string of the molecule is C=C(Br)COc1c(CCN)cccc1OC. The van der Waals surface area contributed by atoms with E-state index in [0.29, 0.717) is 13.2 Å². The summed E-state index contributed by atoms with van der Waals surface area (Å²) in [4.78, 5) is 0. The summed E-state index contributed by atoms with van der Waals surface area (Å²) < 4.78 is 11.7. The molecule has 0 fully saturated rings. The van der Waals surface area contributed by atoms with E-state index in [1.54, 1.807) is 7.11 Å². The monoisotopic (exact) mass is 285 g/mol. The molecule has 88 valence electrons. The molecular formula is C12H16BrNO2. The van der Waals surface area contributed by atoms with Crippen molar-refractivity contribution < 1.29 is 9.47 Å². The average Bonchev–Trinajstić information content (AvgIpc) is 2.27. The van der Waals surface area contributed by atoms with Gasteiger partial charge in [-0.2, -0.15) is 0 Å². The number of rotatable bonds is 6. The zero-order chi connectivity index (χ0) is 12.0. The van der Waals surface area contributed by atoms with Crippen molar-refractivity contribution in [2.45, 2.75) is 6.42 Å². The Bertz CT molecular complexity index is 366. The lowest BCUT2D eigenvalue weighted by Gasteiger charge is -2.14. The molecule has 0 aromatic heterocycles. The molecule has 16 heavy (non-hydrogen) atoms. The number of nitrogens with two attached hydrogens (primary N) is 1. The van der Waals surface area contributed by atoms with E-state index in [9.17, 15) is 0 Å². The number of methoxy groups -OCH3 is 1. The minimum Gasteiger partial charge on any atom is -0.493 e. The zero-order valence-corrected chi connectivity index (χ0v) is 10.9. The molecular weight excluding hydrogens is 270 g/mol. The van der Waals surface area contributed by atoms with Crippen molar-refractivity contribution in [3.8, 4) is 11.5 Å². The van der Waals surface area contributed by atoms with E-state index >= 15 is 0 Å². The summed E-state index contributed by atoms with van der Waals surface area (Å²) in [7, 11) is 1.62. The first-order chi connectivity index (χ1) is 7.69. The Morgan fingerprint density at radius 3 is 2.81 bits per heavy atom. The van der Waals surface area contributed by atoms with Gasteiger partial charge in [0.05, 0.1) is 7.11 Å². The minimum atomic E-state index is 0.415. The van der Waals surface area contributed by atoms with Crippen LogP contribution in [0, 0.1) is 0 Å². The number of halogens is 1. The molecule has 0 unspecified atom stereocenters. The molecule has 0 aliphatic carbocycles. The third kappa shape index (κ3) is 3.54. The zero-order valence-electron chi connectivity index (χ0n) is 9.33. The molecule has 1 aromatic carbocycles. The van der Waals surface area contributed by atoms with Gasteiger partial charge in [-0.15, -0.1) is 0 Å². The second-order valence-electron chi connectivity index (χ2n) is 3.29. The Morgan fingerprint density at radius 2 is 2.25 bits per heavy atom. The first-order valence-corrected chi connectivity index (χ1v) is 5.80. The van der Waals surface area contributed by atoms with Crippen molar-refractivity contribution in [2.24, 2.45) is 5.73 Å². The Kier molecular flexibility index (Phi) is 5.35. The predicted octanol–water partition coefficient (Wildman–Crippen LogP) is 2.48. The van der Waals surface area contributed by atoms with Gasteiger partial charge in [0.2, 0.25) is 0 Å².